The van der Waals surface area contributed by atoms with E-state index in [0.29, 0.717) is 0 Å². The van der Waals surface area contributed by atoms with E-state index in [9.17, 15) is 0 Å². The highest BCUT2D eigenvalue weighted by Crippen LogP contribution is 2.27. The zero-order chi connectivity index (χ0) is 11.1. The van der Waals surface area contributed by atoms with Crippen molar-refractivity contribution >= 4 is 10.8 Å². The van der Waals surface area contributed by atoms with Gasteiger partial charge < -0.3 is 5.73 Å². The lowest BCUT2D eigenvalue weighted by Crippen LogP contribution is -2.29. The normalized spacial score (nSPS) is 12.0. The number of aryl methyl sites for hydroxylation is 1. The fraction of sp³-hybridized carbons (Fsp3) is 0.308. The number of nitrogens with two attached hydrogens (primary N) is 1. The summed E-state index contributed by atoms with van der Waals surface area (Å²) >= 11 is 0. The van der Waals surface area contributed by atoms with Gasteiger partial charge in [0.05, 0.1) is 0 Å². The molecule has 2 rings (SSSR count). The average Bonchev–Trinajstić information content (AvgIpc) is 2.17. The van der Waals surface area contributed by atoms with Crippen molar-refractivity contribution in [1.29, 1.82) is 0 Å². The Morgan fingerprint density at radius 2 is 1.73 bits per heavy atom. The Hall–Kier alpha value is -1.41. The number of benzene rings is 1. The molecule has 0 aliphatic carbocycles. The Balaban J connectivity index is 2.84. The van der Waals surface area contributed by atoms with E-state index in [1.807, 2.05) is 39.1 Å². The highest BCUT2D eigenvalue weighted by Gasteiger charge is 2.17. The van der Waals surface area contributed by atoms with Gasteiger partial charge in [-0.05, 0) is 31.7 Å². The molecular weight excluding hydrogens is 184 g/mol. The van der Waals surface area contributed by atoms with Gasteiger partial charge in [-0.1, -0.05) is 24.3 Å². The minimum absolute atomic E-state index is 0.347. The maximum Gasteiger partial charge on any atom is 0.0451 e. The third-order valence-corrected chi connectivity index (χ3v) is 2.69. The molecule has 0 amide bonds. The quantitative estimate of drug-likeness (QED) is 0.768. The van der Waals surface area contributed by atoms with Gasteiger partial charge in [0.2, 0.25) is 0 Å². The molecule has 0 fully saturated rings. The van der Waals surface area contributed by atoms with Crippen LogP contribution in [0.15, 0.2) is 30.5 Å². The molecule has 0 saturated heterocycles. The largest absolute Gasteiger partial charge is 0.322 e. The van der Waals surface area contributed by atoms with Crippen LogP contribution in [0.3, 0.4) is 0 Å². The SMILES string of the molecule is Cc1ncc(C(C)(C)N)c2ccccc12. The molecule has 1 aromatic carbocycles. The number of hydrogen-bond donors (Lipinski definition) is 1. The minimum Gasteiger partial charge on any atom is -0.322 e. The summed E-state index contributed by atoms with van der Waals surface area (Å²) in [5.74, 6) is 0. The van der Waals surface area contributed by atoms with Gasteiger partial charge in [-0.2, -0.15) is 0 Å². The van der Waals surface area contributed by atoms with E-state index in [1.165, 1.54) is 10.8 Å². The van der Waals surface area contributed by atoms with Crippen LogP contribution in [0.1, 0.15) is 25.1 Å². The minimum atomic E-state index is -0.347. The third-order valence-electron chi connectivity index (χ3n) is 2.69. The summed E-state index contributed by atoms with van der Waals surface area (Å²) in [7, 11) is 0. The van der Waals surface area contributed by atoms with E-state index in [-0.39, 0.29) is 5.54 Å². The third kappa shape index (κ3) is 1.73. The molecule has 0 saturated carbocycles. The van der Waals surface area contributed by atoms with Crippen molar-refractivity contribution in [3.8, 4) is 0 Å². The second-order valence-corrected chi connectivity index (χ2v) is 4.52. The summed E-state index contributed by atoms with van der Waals surface area (Å²) in [5, 5.41) is 2.39. The van der Waals surface area contributed by atoms with Gasteiger partial charge in [-0.15, -0.1) is 0 Å². The molecule has 2 heteroatoms. The fourth-order valence-corrected chi connectivity index (χ4v) is 1.85. The Morgan fingerprint density at radius 1 is 1.13 bits per heavy atom. The molecule has 0 aliphatic heterocycles. The van der Waals surface area contributed by atoms with Gasteiger partial charge in [-0.25, -0.2) is 0 Å². The highest BCUT2D eigenvalue weighted by atomic mass is 14.7. The van der Waals surface area contributed by atoms with Crippen LogP contribution in [-0.2, 0) is 5.54 Å². The molecule has 0 bridgehead atoms. The van der Waals surface area contributed by atoms with Crippen molar-refractivity contribution < 1.29 is 0 Å². The smallest absolute Gasteiger partial charge is 0.0451 e. The number of fused-ring (bicyclic) bond motifs is 1. The molecule has 2 N–H and O–H groups in total. The van der Waals surface area contributed by atoms with Crippen LogP contribution in [0.5, 0.6) is 0 Å². The van der Waals surface area contributed by atoms with Gasteiger partial charge in [0.25, 0.3) is 0 Å². The molecule has 0 unspecified atom stereocenters. The van der Waals surface area contributed by atoms with Gasteiger partial charge in [-0.3, -0.25) is 4.98 Å². The standard InChI is InChI=1S/C13H16N2/c1-9-10-6-4-5-7-11(10)12(8-15-9)13(2,3)14/h4-8H,14H2,1-3H3. The molecule has 2 nitrogen and oxygen atoms in total. The molecular formula is C13H16N2. The van der Waals surface area contributed by atoms with Crippen molar-refractivity contribution in [2.24, 2.45) is 5.73 Å². The van der Waals surface area contributed by atoms with E-state index in [4.69, 9.17) is 5.73 Å². The van der Waals surface area contributed by atoms with Crippen LogP contribution in [0.2, 0.25) is 0 Å². The molecule has 78 valence electrons. The predicted molar refractivity (Wildman–Crippen MR) is 63.7 cm³/mol. The van der Waals surface area contributed by atoms with Crippen LogP contribution >= 0.6 is 0 Å². The van der Waals surface area contributed by atoms with Gasteiger partial charge >= 0.3 is 0 Å². The zero-order valence-electron chi connectivity index (χ0n) is 9.41. The second-order valence-electron chi connectivity index (χ2n) is 4.52. The van der Waals surface area contributed by atoms with E-state index in [1.54, 1.807) is 0 Å². The van der Waals surface area contributed by atoms with Gasteiger partial charge in [0, 0.05) is 22.8 Å². The first-order valence-electron chi connectivity index (χ1n) is 5.14. The van der Waals surface area contributed by atoms with Crippen molar-refractivity contribution in [3.63, 3.8) is 0 Å². The Morgan fingerprint density at radius 3 is 2.33 bits per heavy atom. The van der Waals surface area contributed by atoms with E-state index >= 15 is 0 Å². The molecule has 1 heterocycles. The van der Waals surface area contributed by atoms with Crippen LogP contribution in [0.25, 0.3) is 10.8 Å². The summed E-state index contributed by atoms with van der Waals surface area (Å²) in [6.45, 7) is 6.03. The number of pyridine rings is 1. The maximum absolute atomic E-state index is 6.13. The van der Waals surface area contributed by atoms with E-state index < -0.39 is 0 Å². The molecule has 0 spiro atoms. The number of nitrogens with zero attached hydrogens (tertiary/aromatic N) is 1. The first-order valence-corrected chi connectivity index (χ1v) is 5.14. The number of rotatable bonds is 1. The average molecular weight is 200 g/mol. The Labute approximate surface area is 90.1 Å². The van der Waals surface area contributed by atoms with Crippen LogP contribution in [0, 0.1) is 6.92 Å². The number of hydrogen-bond acceptors (Lipinski definition) is 2. The first kappa shape index (κ1) is 10.1. The summed E-state index contributed by atoms with van der Waals surface area (Å²) in [6.07, 6.45) is 1.89. The molecule has 0 aliphatic rings. The summed E-state index contributed by atoms with van der Waals surface area (Å²) in [5.41, 5.74) is 7.94. The highest BCUT2D eigenvalue weighted by molar-refractivity contribution is 5.87. The molecule has 15 heavy (non-hydrogen) atoms. The van der Waals surface area contributed by atoms with E-state index in [0.717, 1.165) is 11.3 Å². The topological polar surface area (TPSA) is 38.9 Å². The monoisotopic (exact) mass is 200 g/mol. The molecule has 1 aromatic heterocycles. The van der Waals surface area contributed by atoms with Crippen molar-refractivity contribution in [2.45, 2.75) is 26.3 Å². The van der Waals surface area contributed by atoms with Crippen molar-refractivity contribution in [1.82, 2.24) is 4.98 Å². The maximum atomic E-state index is 6.13. The first-order chi connectivity index (χ1) is 7.00. The lowest BCUT2D eigenvalue weighted by atomic mass is 9.92. The number of aromatic nitrogens is 1. The summed E-state index contributed by atoms with van der Waals surface area (Å²) < 4.78 is 0. The molecule has 2 aromatic rings. The van der Waals surface area contributed by atoms with E-state index in [2.05, 4.69) is 17.1 Å². The summed E-state index contributed by atoms with van der Waals surface area (Å²) in [6, 6.07) is 8.27. The molecule has 0 atom stereocenters. The Kier molecular flexibility index (Phi) is 2.24. The van der Waals surface area contributed by atoms with Crippen LogP contribution in [0.4, 0.5) is 0 Å². The van der Waals surface area contributed by atoms with Crippen molar-refractivity contribution in [2.75, 3.05) is 0 Å². The summed E-state index contributed by atoms with van der Waals surface area (Å²) in [4.78, 5) is 4.39. The second kappa shape index (κ2) is 3.31. The Bertz CT molecular complexity index is 495. The molecule has 0 radical (unpaired) electrons. The fourth-order valence-electron chi connectivity index (χ4n) is 1.85. The lowest BCUT2D eigenvalue weighted by molar-refractivity contribution is 0.557. The van der Waals surface area contributed by atoms with Gasteiger partial charge in [0.1, 0.15) is 0 Å². The van der Waals surface area contributed by atoms with Crippen molar-refractivity contribution in [3.05, 3.63) is 41.7 Å². The predicted octanol–water partition coefficient (Wildman–Crippen LogP) is 2.74. The van der Waals surface area contributed by atoms with Crippen LogP contribution in [-0.4, -0.2) is 4.98 Å². The lowest BCUT2D eigenvalue weighted by Gasteiger charge is -2.21. The van der Waals surface area contributed by atoms with Crippen LogP contribution < -0.4 is 5.73 Å². The van der Waals surface area contributed by atoms with Gasteiger partial charge in [0.15, 0.2) is 0 Å². The zero-order valence-corrected chi connectivity index (χ0v) is 9.41.